The fourth-order valence-corrected chi connectivity index (χ4v) is 2.76. The molecule has 3 rings (SSSR count). The van der Waals surface area contributed by atoms with E-state index in [-0.39, 0.29) is 5.82 Å². The van der Waals surface area contributed by atoms with Crippen LogP contribution in [0.5, 0.6) is 0 Å². The van der Waals surface area contributed by atoms with Crippen LogP contribution in [0.4, 0.5) is 11.4 Å². The van der Waals surface area contributed by atoms with Crippen molar-refractivity contribution in [1.82, 2.24) is 20.6 Å². The highest BCUT2D eigenvalue weighted by molar-refractivity contribution is 6.34. The van der Waals surface area contributed by atoms with Crippen molar-refractivity contribution in [2.75, 3.05) is 23.3 Å². The molecule has 1 saturated heterocycles. The standard InChI is InChI=1S/C14H14ClN7/c15-11-4-3-5-12(13(11)22-6-1-2-7-22)17-9-10(8-16)14-18-20-21-19-14/h3-5,9,17H,1-2,6-7H2,(H,18,19,20,21). The molecule has 2 heterocycles. The summed E-state index contributed by atoms with van der Waals surface area (Å²) in [6.45, 7) is 1.97. The molecule has 0 radical (unpaired) electrons. The van der Waals surface area contributed by atoms with Gasteiger partial charge in [0.25, 0.3) is 0 Å². The third-order valence-corrected chi connectivity index (χ3v) is 3.79. The van der Waals surface area contributed by atoms with E-state index < -0.39 is 0 Å². The molecule has 22 heavy (non-hydrogen) atoms. The number of halogens is 1. The van der Waals surface area contributed by atoms with Crippen LogP contribution in [-0.4, -0.2) is 33.7 Å². The van der Waals surface area contributed by atoms with E-state index in [1.807, 2.05) is 24.3 Å². The monoisotopic (exact) mass is 315 g/mol. The van der Waals surface area contributed by atoms with E-state index in [1.54, 1.807) is 6.20 Å². The molecule has 112 valence electrons. The minimum Gasteiger partial charge on any atom is -0.369 e. The van der Waals surface area contributed by atoms with Gasteiger partial charge in [0.05, 0.1) is 16.4 Å². The average Bonchev–Trinajstić information content (AvgIpc) is 3.21. The molecule has 8 heteroatoms. The van der Waals surface area contributed by atoms with E-state index in [9.17, 15) is 5.26 Å². The van der Waals surface area contributed by atoms with Crippen molar-refractivity contribution < 1.29 is 0 Å². The number of tetrazole rings is 1. The fraction of sp³-hybridized carbons (Fsp3) is 0.286. The zero-order chi connectivity index (χ0) is 15.4. The van der Waals surface area contributed by atoms with Crippen molar-refractivity contribution in [3.05, 3.63) is 35.2 Å². The lowest BCUT2D eigenvalue weighted by atomic mass is 10.2. The first-order valence-corrected chi connectivity index (χ1v) is 7.31. The topological polar surface area (TPSA) is 93.5 Å². The van der Waals surface area contributed by atoms with Crippen molar-refractivity contribution in [3.63, 3.8) is 0 Å². The number of aromatic nitrogens is 4. The van der Waals surface area contributed by atoms with E-state index in [0.717, 1.165) is 37.3 Å². The van der Waals surface area contributed by atoms with Crippen molar-refractivity contribution in [2.24, 2.45) is 0 Å². The van der Waals surface area contributed by atoms with E-state index in [1.165, 1.54) is 0 Å². The highest BCUT2D eigenvalue weighted by Gasteiger charge is 2.18. The quantitative estimate of drug-likeness (QED) is 0.842. The Bertz CT molecular complexity index is 711. The zero-order valence-electron chi connectivity index (χ0n) is 11.8. The first-order chi connectivity index (χ1) is 10.8. The predicted octanol–water partition coefficient (Wildman–Crippen LogP) is 2.43. The summed E-state index contributed by atoms with van der Waals surface area (Å²) in [6.07, 6.45) is 3.88. The lowest BCUT2D eigenvalue weighted by Gasteiger charge is -2.22. The van der Waals surface area contributed by atoms with Gasteiger partial charge in [-0.15, -0.1) is 10.2 Å². The first kappa shape index (κ1) is 14.4. The molecule has 0 bridgehead atoms. The molecule has 1 aromatic heterocycles. The van der Waals surface area contributed by atoms with E-state index in [4.69, 9.17) is 11.6 Å². The summed E-state index contributed by atoms with van der Waals surface area (Å²) in [5, 5.41) is 26.4. The second-order valence-electron chi connectivity index (χ2n) is 4.88. The maximum Gasteiger partial charge on any atom is 0.216 e. The largest absolute Gasteiger partial charge is 0.369 e. The molecule has 7 nitrogen and oxygen atoms in total. The van der Waals surface area contributed by atoms with Crippen LogP contribution in [0.1, 0.15) is 18.7 Å². The molecule has 0 atom stereocenters. The number of nitriles is 1. The smallest absolute Gasteiger partial charge is 0.216 e. The molecule has 1 aromatic carbocycles. The normalized spacial score (nSPS) is 14.9. The van der Waals surface area contributed by atoms with Crippen LogP contribution in [0, 0.1) is 11.3 Å². The Kier molecular flexibility index (Phi) is 4.21. The van der Waals surface area contributed by atoms with Crippen LogP contribution < -0.4 is 10.2 Å². The van der Waals surface area contributed by atoms with Gasteiger partial charge in [0.1, 0.15) is 11.6 Å². The summed E-state index contributed by atoms with van der Waals surface area (Å²) in [4.78, 5) is 2.25. The number of nitrogens with zero attached hydrogens (tertiary/aromatic N) is 5. The van der Waals surface area contributed by atoms with Gasteiger partial charge in [-0.1, -0.05) is 17.7 Å². The molecule has 0 aliphatic carbocycles. The molecule has 0 amide bonds. The van der Waals surface area contributed by atoms with Gasteiger partial charge in [-0.3, -0.25) is 0 Å². The van der Waals surface area contributed by atoms with Gasteiger partial charge < -0.3 is 10.2 Å². The van der Waals surface area contributed by atoms with Gasteiger partial charge in [-0.05, 0) is 30.2 Å². The van der Waals surface area contributed by atoms with Crippen molar-refractivity contribution in [1.29, 1.82) is 5.26 Å². The third-order valence-electron chi connectivity index (χ3n) is 3.49. The zero-order valence-corrected chi connectivity index (χ0v) is 12.5. The van der Waals surface area contributed by atoms with Crippen LogP contribution in [0.25, 0.3) is 5.57 Å². The van der Waals surface area contributed by atoms with E-state index in [2.05, 4.69) is 30.8 Å². The average molecular weight is 316 g/mol. The maximum absolute atomic E-state index is 9.19. The van der Waals surface area contributed by atoms with Gasteiger partial charge in [0.15, 0.2) is 0 Å². The minimum absolute atomic E-state index is 0.250. The summed E-state index contributed by atoms with van der Waals surface area (Å²) < 4.78 is 0. The maximum atomic E-state index is 9.19. The summed E-state index contributed by atoms with van der Waals surface area (Å²) in [5.41, 5.74) is 2.11. The summed E-state index contributed by atoms with van der Waals surface area (Å²) >= 11 is 6.35. The second-order valence-corrected chi connectivity index (χ2v) is 5.29. The summed E-state index contributed by atoms with van der Waals surface area (Å²) in [6, 6.07) is 7.72. The lowest BCUT2D eigenvalue weighted by molar-refractivity contribution is 0.881. The van der Waals surface area contributed by atoms with Gasteiger partial charge in [-0.2, -0.15) is 10.5 Å². The predicted molar refractivity (Wildman–Crippen MR) is 84.3 cm³/mol. The summed E-state index contributed by atoms with van der Waals surface area (Å²) in [7, 11) is 0. The molecular formula is C14H14ClN7. The van der Waals surface area contributed by atoms with Crippen LogP contribution in [0.2, 0.25) is 5.02 Å². The second kappa shape index (κ2) is 6.45. The van der Waals surface area contributed by atoms with Crippen LogP contribution >= 0.6 is 11.6 Å². The van der Waals surface area contributed by atoms with E-state index >= 15 is 0 Å². The highest BCUT2D eigenvalue weighted by Crippen LogP contribution is 2.36. The molecule has 0 unspecified atom stereocenters. The number of para-hydroxylation sites is 1. The Labute approximate surface area is 132 Å². The van der Waals surface area contributed by atoms with E-state index in [0.29, 0.717) is 10.6 Å². The van der Waals surface area contributed by atoms with Crippen LogP contribution in [0.15, 0.2) is 24.4 Å². The Morgan fingerprint density at radius 2 is 2.23 bits per heavy atom. The number of aromatic amines is 1. The third kappa shape index (κ3) is 2.87. The number of benzene rings is 1. The molecule has 1 aliphatic heterocycles. The number of rotatable bonds is 4. The van der Waals surface area contributed by atoms with Crippen LogP contribution in [0.3, 0.4) is 0 Å². The van der Waals surface area contributed by atoms with Crippen molar-refractivity contribution in [3.8, 4) is 6.07 Å². The van der Waals surface area contributed by atoms with Gasteiger partial charge in [0.2, 0.25) is 5.82 Å². The Hall–Kier alpha value is -2.59. The molecule has 0 spiro atoms. The Morgan fingerprint density at radius 1 is 1.41 bits per heavy atom. The number of nitrogens with one attached hydrogen (secondary N) is 2. The molecule has 2 aromatic rings. The minimum atomic E-state index is 0.250. The number of allylic oxidation sites excluding steroid dienone is 1. The molecule has 2 N–H and O–H groups in total. The molecule has 1 aliphatic rings. The van der Waals surface area contributed by atoms with Gasteiger partial charge in [0, 0.05) is 19.3 Å². The number of hydrogen-bond acceptors (Lipinski definition) is 6. The fourth-order valence-electron chi connectivity index (χ4n) is 2.47. The number of hydrogen-bond donors (Lipinski definition) is 2. The summed E-state index contributed by atoms with van der Waals surface area (Å²) in [5.74, 6) is 0.250. The number of anilines is 2. The van der Waals surface area contributed by atoms with Gasteiger partial charge in [-0.25, -0.2) is 0 Å². The highest BCUT2D eigenvalue weighted by atomic mass is 35.5. The lowest BCUT2D eigenvalue weighted by Crippen LogP contribution is -2.19. The van der Waals surface area contributed by atoms with Crippen LogP contribution in [-0.2, 0) is 0 Å². The molecule has 1 fully saturated rings. The van der Waals surface area contributed by atoms with Gasteiger partial charge >= 0.3 is 0 Å². The number of H-pyrrole nitrogens is 1. The molecule has 0 saturated carbocycles. The molecular weight excluding hydrogens is 302 g/mol. The Morgan fingerprint density at radius 3 is 2.91 bits per heavy atom. The SMILES string of the molecule is N#CC(=CNc1cccc(Cl)c1N1CCCC1)c1nn[nH]n1. The first-order valence-electron chi connectivity index (χ1n) is 6.93. The van der Waals surface area contributed by atoms with Crippen molar-refractivity contribution >= 4 is 28.5 Å². The van der Waals surface area contributed by atoms with Crippen molar-refractivity contribution in [2.45, 2.75) is 12.8 Å². The Balaban J connectivity index is 1.89.